The van der Waals surface area contributed by atoms with Gasteiger partial charge in [0.2, 0.25) is 12.7 Å². The van der Waals surface area contributed by atoms with E-state index in [1.165, 1.54) is 4.57 Å². The van der Waals surface area contributed by atoms with Gasteiger partial charge in [-0.15, -0.1) is 0 Å². The molecule has 0 fully saturated rings. The maximum absolute atomic E-state index is 13.4. The number of para-hydroxylation sites is 1. The van der Waals surface area contributed by atoms with Crippen molar-refractivity contribution in [3.8, 4) is 17.2 Å². The first-order chi connectivity index (χ1) is 17.0. The summed E-state index contributed by atoms with van der Waals surface area (Å²) < 4.78 is 18.6. The van der Waals surface area contributed by atoms with Gasteiger partial charge >= 0.3 is 5.69 Å². The Bertz CT molecular complexity index is 1520. The predicted molar refractivity (Wildman–Crippen MR) is 130 cm³/mol. The van der Waals surface area contributed by atoms with Crippen LogP contribution in [0.2, 0.25) is 0 Å². The van der Waals surface area contributed by atoms with E-state index in [9.17, 15) is 14.4 Å². The molecule has 1 N–H and O–H groups in total. The van der Waals surface area contributed by atoms with Gasteiger partial charge in [-0.2, -0.15) is 0 Å². The Labute approximate surface area is 200 Å². The topological polar surface area (TPSA) is 101 Å². The highest BCUT2D eigenvalue weighted by Crippen LogP contribution is 2.32. The van der Waals surface area contributed by atoms with Crippen LogP contribution in [0.4, 0.5) is 5.69 Å². The van der Waals surface area contributed by atoms with Gasteiger partial charge in [-0.05, 0) is 61.0 Å². The van der Waals surface area contributed by atoms with E-state index in [-0.39, 0.29) is 19.9 Å². The van der Waals surface area contributed by atoms with Gasteiger partial charge in [-0.3, -0.25) is 18.7 Å². The van der Waals surface area contributed by atoms with Crippen molar-refractivity contribution in [3.05, 3.63) is 93.1 Å². The number of benzene rings is 3. The van der Waals surface area contributed by atoms with E-state index in [4.69, 9.17) is 14.2 Å². The average Bonchev–Trinajstić information content (AvgIpc) is 3.34. The molecule has 1 aliphatic heterocycles. The number of hydrogen-bond acceptors (Lipinski definition) is 6. The van der Waals surface area contributed by atoms with Crippen molar-refractivity contribution in [1.82, 2.24) is 9.13 Å². The molecule has 1 aliphatic rings. The van der Waals surface area contributed by atoms with Crippen molar-refractivity contribution in [3.63, 3.8) is 0 Å². The summed E-state index contributed by atoms with van der Waals surface area (Å²) in [6.45, 7) is 2.34. The number of rotatable bonds is 7. The fraction of sp³-hybridized carbons (Fsp3) is 0.192. The van der Waals surface area contributed by atoms with E-state index >= 15 is 0 Å². The maximum atomic E-state index is 13.4. The summed E-state index contributed by atoms with van der Waals surface area (Å²) in [5.41, 5.74) is 0.671. The molecule has 0 aliphatic carbocycles. The number of nitrogens with one attached hydrogen (secondary N) is 1. The lowest BCUT2D eigenvalue weighted by atomic mass is 10.2. The van der Waals surface area contributed by atoms with Crippen LogP contribution in [0, 0.1) is 0 Å². The zero-order valence-electron chi connectivity index (χ0n) is 19.0. The van der Waals surface area contributed by atoms with Crippen LogP contribution in [-0.4, -0.2) is 28.4 Å². The van der Waals surface area contributed by atoms with Gasteiger partial charge in [0.25, 0.3) is 5.56 Å². The van der Waals surface area contributed by atoms with Crippen LogP contribution in [0.25, 0.3) is 10.9 Å². The van der Waals surface area contributed by atoms with E-state index in [0.29, 0.717) is 46.0 Å². The van der Waals surface area contributed by atoms with E-state index in [1.807, 2.05) is 6.92 Å². The SMILES string of the molecule is CCOc1ccc(NC(=O)Cn2c(=O)n(Cc3ccc4c(c3)OCO4)c(=O)c3ccccc32)cc1. The van der Waals surface area contributed by atoms with E-state index in [2.05, 4.69) is 5.32 Å². The number of anilines is 1. The third kappa shape index (κ3) is 4.48. The van der Waals surface area contributed by atoms with Crippen LogP contribution in [0.1, 0.15) is 12.5 Å². The van der Waals surface area contributed by atoms with Gasteiger partial charge in [0, 0.05) is 5.69 Å². The standard InChI is InChI=1S/C26H23N3O6/c1-2-33-19-10-8-18(9-11-19)27-24(30)15-28-21-6-4-3-5-20(21)25(31)29(26(28)32)14-17-7-12-22-23(13-17)35-16-34-22/h3-13H,2,14-16H2,1H3,(H,27,30). The van der Waals surface area contributed by atoms with Gasteiger partial charge in [0.1, 0.15) is 12.3 Å². The minimum atomic E-state index is -0.576. The molecule has 0 unspecified atom stereocenters. The van der Waals surface area contributed by atoms with Gasteiger partial charge in [0.15, 0.2) is 11.5 Å². The van der Waals surface area contributed by atoms with Crippen LogP contribution in [0.5, 0.6) is 17.2 Å². The number of hydrogen-bond donors (Lipinski definition) is 1. The number of aromatic nitrogens is 2. The van der Waals surface area contributed by atoms with E-state index in [0.717, 1.165) is 4.57 Å². The van der Waals surface area contributed by atoms with Crippen molar-refractivity contribution in [1.29, 1.82) is 0 Å². The third-order valence-electron chi connectivity index (χ3n) is 5.66. The Hall–Kier alpha value is -4.53. The average molecular weight is 473 g/mol. The zero-order valence-corrected chi connectivity index (χ0v) is 19.0. The normalized spacial score (nSPS) is 12.0. The second kappa shape index (κ2) is 9.38. The van der Waals surface area contributed by atoms with Crippen molar-refractivity contribution < 1.29 is 19.0 Å². The van der Waals surface area contributed by atoms with Gasteiger partial charge in [-0.25, -0.2) is 4.79 Å². The van der Waals surface area contributed by atoms with Gasteiger partial charge < -0.3 is 19.5 Å². The van der Waals surface area contributed by atoms with E-state index < -0.39 is 17.2 Å². The lowest BCUT2D eigenvalue weighted by Crippen LogP contribution is -2.42. The fourth-order valence-electron chi connectivity index (χ4n) is 4.03. The molecular formula is C26H23N3O6. The van der Waals surface area contributed by atoms with Crippen LogP contribution in [-0.2, 0) is 17.9 Å². The molecule has 0 saturated heterocycles. The highest BCUT2D eigenvalue weighted by molar-refractivity contribution is 5.91. The summed E-state index contributed by atoms with van der Waals surface area (Å²) >= 11 is 0. The molecule has 0 bridgehead atoms. The molecule has 4 aromatic rings. The second-order valence-corrected chi connectivity index (χ2v) is 7.97. The van der Waals surface area contributed by atoms with Crippen molar-refractivity contribution >= 4 is 22.5 Å². The maximum Gasteiger partial charge on any atom is 0.332 e. The minimum Gasteiger partial charge on any atom is -0.494 e. The molecule has 5 rings (SSSR count). The van der Waals surface area contributed by atoms with Crippen molar-refractivity contribution in [2.45, 2.75) is 20.0 Å². The second-order valence-electron chi connectivity index (χ2n) is 7.97. The summed E-state index contributed by atoms with van der Waals surface area (Å²) in [5.74, 6) is 1.48. The van der Waals surface area contributed by atoms with Gasteiger partial charge in [0.05, 0.1) is 24.1 Å². The summed E-state index contributed by atoms with van der Waals surface area (Å²) in [5, 5.41) is 3.14. The van der Waals surface area contributed by atoms with Gasteiger partial charge in [-0.1, -0.05) is 18.2 Å². The molecule has 1 aromatic heterocycles. The molecule has 0 spiro atoms. The molecule has 0 radical (unpaired) electrons. The first-order valence-corrected chi connectivity index (χ1v) is 11.2. The molecule has 1 amide bonds. The summed E-state index contributed by atoms with van der Waals surface area (Å²) in [6, 6.07) is 19.0. The largest absolute Gasteiger partial charge is 0.494 e. The lowest BCUT2D eigenvalue weighted by Gasteiger charge is -2.14. The number of amides is 1. The smallest absolute Gasteiger partial charge is 0.332 e. The molecule has 3 aromatic carbocycles. The number of carbonyl (C=O) groups excluding carboxylic acids is 1. The Kier molecular flexibility index (Phi) is 5.97. The quantitative estimate of drug-likeness (QED) is 0.443. The molecule has 9 heteroatoms. The highest BCUT2D eigenvalue weighted by Gasteiger charge is 2.18. The molecule has 0 atom stereocenters. The first-order valence-electron chi connectivity index (χ1n) is 11.2. The van der Waals surface area contributed by atoms with Crippen LogP contribution in [0.15, 0.2) is 76.3 Å². The minimum absolute atomic E-state index is 0.0274. The first kappa shape index (κ1) is 22.3. The Morgan fingerprint density at radius 1 is 0.971 bits per heavy atom. The monoisotopic (exact) mass is 473 g/mol. The van der Waals surface area contributed by atoms with Crippen molar-refractivity contribution in [2.24, 2.45) is 0 Å². The predicted octanol–water partition coefficient (Wildman–Crippen LogP) is 2.98. The third-order valence-corrected chi connectivity index (χ3v) is 5.66. The Morgan fingerprint density at radius 3 is 2.54 bits per heavy atom. The van der Waals surface area contributed by atoms with Crippen molar-refractivity contribution in [2.75, 3.05) is 18.7 Å². The fourth-order valence-corrected chi connectivity index (χ4v) is 4.03. The number of nitrogens with zero attached hydrogens (tertiary/aromatic N) is 2. The molecule has 0 saturated carbocycles. The Balaban J connectivity index is 1.47. The summed E-state index contributed by atoms with van der Waals surface area (Å²) in [4.78, 5) is 39.5. The number of fused-ring (bicyclic) bond motifs is 2. The molecule has 178 valence electrons. The van der Waals surface area contributed by atoms with Crippen LogP contribution in [0.3, 0.4) is 0 Å². The molecule has 2 heterocycles. The summed E-state index contributed by atoms with van der Waals surface area (Å²) in [6.07, 6.45) is 0. The Morgan fingerprint density at radius 2 is 1.74 bits per heavy atom. The number of ether oxygens (including phenoxy) is 3. The molecule has 9 nitrogen and oxygen atoms in total. The highest BCUT2D eigenvalue weighted by atomic mass is 16.7. The van der Waals surface area contributed by atoms with Crippen LogP contribution >= 0.6 is 0 Å². The van der Waals surface area contributed by atoms with E-state index in [1.54, 1.807) is 66.7 Å². The zero-order chi connectivity index (χ0) is 24.4. The molecule has 35 heavy (non-hydrogen) atoms. The number of carbonyl (C=O) groups is 1. The summed E-state index contributed by atoms with van der Waals surface area (Å²) in [7, 11) is 0. The van der Waals surface area contributed by atoms with Crippen LogP contribution < -0.4 is 30.8 Å². The lowest BCUT2D eigenvalue weighted by molar-refractivity contribution is -0.116. The molecular weight excluding hydrogens is 450 g/mol.